The third-order valence-corrected chi connectivity index (χ3v) is 7.90. The SMILES string of the molecule is COc1cc(-c2sc(Cl)cc2NC(=O)O[C@H](C)c2ccccc2C)ccc1-c1ccc(C2CC2)cc1. The van der Waals surface area contributed by atoms with Crippen LogP contribution in [-0.4, -0.2) is 13.2 Å². The maximum absolute atomic E-state index is 12.7. The first-order valence-corrected chi connectivity index (χ1v) is 13.2. The Morgan fingerprint density at radius 3 is 2.44 bits per heavy atom. The van der Waals surface area contributed by atoms with Crippen LogP contribution >= 0.6 is 22.9 Å². The van der Waals surface area contributed by atoms with Gasteiger partial charge in [-0.3, -0.25) is 5.32 Å². The fourth-order valence-corrected chi connectivity index (χ4v) is 5.67. The molecule has 0 aliphatic heterocycles. The molecule has 1 aromatic heterocycles. The molecule has 0 saturated heterocycles. The average Bonchev–Trinajstić information content (AvgIpc) is 3.66. The Balaban J connectivity index is 1.36. The van der Waals surface area contributed by atoms with Crippen molar-refractivity contribution in [3.8, 4) is 27.3 Å². The Bertz CT molecular complexity index is 1390. The largest absolute Gasteiger partial charge is 0.496 e. The highest BCUT2D eigenvalue weighted by Gasteiger charge is 2.23. The Hall–Kier alpha value is -3.28. The van der Waals surface area contributed by atoms with E-state index in [0.717, 1.165) is 44.4 Å². The molecular weight excluding hydrogens is 490 g/mol. The number of ether oxygens (including phenoxy) is 2. The van der Waals surface area contributed by atoms with Gasteiger partial charge in [-0.25, -0.2) is 4.79 Å². The van der Waals surface area contributed by atoms with Gasteiger partial charge in [-0.15, -0.1) is 11.3 Å². The third-order valence-electron chi connectivity index (χ3n) is 6.58. The summed E-state index contributed by atoms with van der Waals surface area (Å²) in [6, 6.07) is 24.4. The summed E-state index contributed by atoms with van der Waals surface area (Å²) in [6.45, 7) is 3.87. The van der Waals surface area contributed by atoms with Crippen LogP contribution in [0.15, 0.2) is 72.8 Å². The van der Waals surface area contributed by atoms with Crippen molar-refractivity contribution in [2.24, 2.45) is 0 Å². The predicted molar refractivity (Wildman–Crippen MR) is 148 cm³/mol. The molecular formula is C30H28ClNO3S. The molecule has 1 atom stereocenters. The van der Waals surface area contributed by atoms with Crippen molar-refractivity contribution in [3.05, 3.63) is 93.8 Å². The van der Waals surface area contributed by atoms with Crippen LogP contribution < -0.4 is 10.1 Å². The van der Waals surface area contributed by atoms with Gasteiger partial charge in [0.05, 0.1) is 22.0 Å². The fraction of sp³-hybridized carbons (Fsp3) is 0.233. The molecule has 5 rings (SSSR count). The number of hydrogen-bond donors (Lipinski definition) is 1. The monoisotopic (exact) mass is 517 g/mol. The summed E-state index contributed by atoms with van der Waals surface area (Å²) in [5.41, 5.74) is 7.10. The van der Waals surface area contributed by atoms with Gasteiger partial charge < -0.3 is 9.47 Å². The Morgan fingerprint density at radius 1 is 1.03 bits per heavy atom. The molecule has 1 N–H and O–H groups in total. The number of carbonyl (C=O) groups is 1. The van der Waals surface area contributed by atoms with E-state index >= 15 is 0 Å². The first-order chi connectivity index (χ1) is 17.4. The lowest BCUT2D eigenvalue weighted by Gasteiger charge is -2.16. The Kier molecular flexibility index (Phi) is 7.04. The molecule has 6 heteroatoms. The zero-order valence-corrected chi connectivity index (χ0v) is 22.1. The van der Waals surface area contributed by atoms with Crippen molar-refractivity contribution < 1.29 is 14.3 Å². The molecule has 1 saturated carbocycles. The van der Waals surface area contributed by atoms with Crippen LogP contribution in [0.5, 0.6) is 5.75 Å². The van der Waals surface area contributed by atoms with Crippen LogP contribution in [0.3, 0.4) is 0 Å². The number of hydrogen-bond acceptors (Lipinski definition) is 4. The first-order valence-electron chi connectivity index (χ1n) is 12.0. The number of anilines is 1. The second-order valence-electron chi connectivity index (χ2n) is 9.13. The standard InChI is InChI=1S/C30H28ClNO3S/c1-18-6-4-5-7-24(18)19(2)35-30(33)32-26-17-28(31)36-29(26)23-14-15-25(27(16-23)34-3)22-12-10-21(11-13-22)20-8-9-20/h4-7,10-17,19-20H,8-9H2,1-3H3,(H,32,33)/t19-/m1/s1. The molecule has 36 heavy (non-hydrogen) atoms. The summed E-state index contributed by atoms with van der Waals surface area (Å²) in [6.07, 6.45) is 1.67. The lowest BCUT2D eigenvalue weighted by atomic mass is 9.99. The number of benzene rings is 3. The minimum atomic E-state index is -0.527. The van der Waals surface area contributed by atoms with Crippen LogP contribution in [0.4, 0.5) is 10.5 Å². The molecule has 0 radical (unpaired) electrons. The van der Waals surface area contributed by atoms with E-state index in [4.69, 9.17) is 21.1 Å². The van der Waals surface area contributed by atoms with Crippen molar-refractivity contribution in [2.45, 2.75) is 38.7 Å². The normalized spacial score (nSPS) is 13.8. The van der Waals surface area contributed by atoms with Gasteiger partial charge >= 0.3 is 6.09 Å². The number of aryl methyl sites for hydroxylation is 1. The molecule has 184 valence electrons. The zero-order valence-electron chi connectivity index (χ0n) is 20.5. The number of rotatable bonds is 7. The predicted octanol–water partition coefficient (Wildman–Crippen LogP) is 9.24. The van der Waals surface area contributed by atoms with Gasteiger partial charge in [0.2, 0.25) is 0 Å². The van der Waals surface area contributed by atoms with Crippen molar-refractivity contribution in [1.82, 2.24) is 0 Å². The highest BCUT2D eigenvalue weighted by molar-refractivity contribution is 7.20. The smallest absolute Gasteiger partial charge is 0.412 e. The molecule has 4 nitrogen and oxygen atoms in total. The number of halogens is 1. The fourth-order valence-electron chi connectivity index (χ4n) is 4.50. The summed E-state index contributed by atoms with van der Waals surface area (Å²) in [5, 5.41) is 2.88. The van der Waals surface area contributed by atoms with E-state index in [1.807, 2.05) is 50.2 Å². The molecule has 3 aromatic carbocycles. The number of thiophene rings is 1. The average molecular weight is 518 g/mol. The number of carbonyl (C=O) groups excluding carboxylic acids is 1. The van der Waals surface area contributed by atoms with Crippen molar-refractivity contribution in [1.29, 1.82) is 0 Å². The van der Waals surface area contributed by atoms with Gasteiger partial charge in [0, 0.05) is 5.56 Å². The van der Waals surface area contributed by atoms with E-state index in [9.17, 15) is 4.79 Å². The van der Waals surface area contributed by atoms with Crippen LogP contribution in [0, 0.1) is 6.92 Å². The quantitative estimate of drug-likeness (QED) is 0.265. The lowest BCUT2D eigenvalue weighted by Crippen LogP contribution is -2.16. The maximum atomic E-state index is 12.7. The van der Waals surface area contributed by atoms with Gasteiger partial charge in [0.25, 0.3) is 0 Å². The van der Waals surface area contributed by atoms with Gasteiger partial charge in [-0.05, 0) is 72.6 Å². The van der Waals surface area contributed by atoms with E-state index in [-0.39, 0.29) is 6.10 Å². The Labute approximate surface area is 220 Å². The van der Waals surface area contributed by atoms with Crippen molar-refractivity contribution in [3.63, 3.8) is 0 Å². The van der Waals surface area contributed by atoms with Crippen LogP contribution in [0.2, 0.25) is 4.34 Å². The topological polar surface area (TPSA) is 47.6 Å². The van der Waals surface area contributed by atoms with Crippen LogP contribution in [-0.2, 0) is 4.74 Å². The summed E-state index contributed by atoms with van der Waals surface area (Å²) < 4.78 is 12.0. The van der Waals surface area contributed by atoms with E-state index < -0.39 is 6.09 Å². The minimum Gasteiger partial charge on any atom is -0.496 e. The van der Waals surface area contributed by atoms with E-state index in [2.05, 4.69) is 35.6 Å². The summed E-state index contributed by atoms with van der Waals surface area (Å²) in [7, 11) is 1.67. The van der Waals surface area contributed by atoms with E-state index in [1.165, 1.54) is 29.7 Å². The second kappa shape index (κ2) is 10.4. The molecule has 4 aromatic rings. The molecule has 1 aliphatic rings. The maximum Gasteiger partial charge on any atom is 0.412 e. The number of methoxy groups -OCH3 is 1. The molecule has 1 amide bonds. The summed E-state index contributed by atoms with van der Waals surface area (Å²) >= 11 is 7.76. The summed E-state index contributed by atoms with van der Waals surface area (Å²) in [5.74, 6) is 1.49. The van der Waals surface area contributed by atoms with Crippen LogP contribution in [0.25, 0.3) is 21.6 Å². The van der Waals surface area contributed by atoms with Gasteiger partial charge in [-0.2, -0.15) is 0 Å². The molecule has 0 bridgehead atoms. The second-order valence-corrected chi connectivity index (χ2v) is 10.8. The van der Waals surface area contributed by atoms with Crippen LogP contribution in [0.1, 0.15) is 48.5 Å². The summed E-state index contributed by atoms with van der Waals surface area (Å²) in [4.78, 5) is 13.6. The minimum absolute atomic E-state index is 0.380. The molecule has 0 unspecified atom stereocenters. The third kappa shape index (κ3) is 5.28. The Morgan fingerprint density at radius 2 is 1.75 bits per heavy atom. The van der Waals surface area contributed by atoms with Crippen molar-refractivity contribution >= 4 is 34.7 Å². The van der Waals surface area contributed by atoms with Crippen molar-refractivity contribution in [2.75, 3.05) is 12.4 Å². The molecule has 1 aliphatic carbocycles. The first kappa shape index (κ1) is 24.4. The molecule has 1 heterocycles. The van der Waals surface area contributed by atoms with E-state index in [0.29, 0.717) is 10.0 Å². The molecule has 1 fully saturated rings. The number of amides is 1. The number of nitrogens with one attached hydrogen (secondary N) is 1. The molecule has 0 spiro atoms. The van der Waals surface area contributed by atoms with Gasteiger partial charge in [0.1, 0.15) is 11.9 Å². The van der Waals surface area contributed by atoms with Gasteiger partial charge in [0.15, 0.2) is 0 Å². The highest BCUT2D eigenvalue weighted by atomic mass is 35.5. The van der Waals surface area contributed by atoms with E-state index in [1.54, 1.807) is 13.2 Å². The zero-order chi connectivity index (χ0) is 25.2. The lowest BCUT2D eigenvalue weighted by molar-refractivity contribution is 0.121. The van der Waals surface area contributed by atoms with Gasteiger partial charge in [-0.1, -0.05) is 72.3 Å². The highest BCUT2D eigenvalue weighted by Crippen LogP contribution is 2.44.